The Labute approximate surface area is 148 Å². The van der Waals surface area contributed by atoms with Crippen molar-refractivity contribution in [3.8, 4) is 5.75 Å². The van der Waals surface area contributed by atoms with Crippen LogP contribution in [0.5, 0.6) is 5.75 Å². The van der Waals surface area contributed by atoms with Crippen molar-refractivity contribution in [1.29, 1.82) is 0 Å². The average Bonchev–Trinajstić information content (AvgIpc) is 2.61. The first-order chi connectivity index (χ1) is 12.5. The molecule has 1 aliphatic heterocycles. The number of hydrogen-bond acceptors (Lipinski definition) is 3. The van der Waals surface area contributed by atoms with Gasteiger partial charge in [-0.15, -0.1) is 0 Å². The quantitative estimate of drug-likeness (QED) is 0.889. The molecule has 0 fully saturated rings. The maximum atomic E-state index is 12.7. The number of fused-ring (bicyclic) bond motifs is 1. The number of carboxylic acid groups (broad SMARTS) is 1. The summed E-state index contributed by atoms with van der Waals surface area (Å²) in [6, 6.07) is 12.4. The van der Waals surface area contributed by atoms with E-state index in [2.05, 4.69) is 4.74 Å². The molecule has 0 aromatic heterocycles. The second kappa shape index (κ2) is 7.51. The number of alkyl halides is 2. The maximum Gasteiger partial charge on any atom is 0.387 e. The SMILES string of the molecule is O=C(O)C1Cc2ccccc2CN1C(=O)Cc1ccccc1OC(F)F. The van der Waals surface area contributed by atoms with Crippen LogP contribution in [0.4, 0.5) is 8.78 Å². The van der Waals surface area contributed by atoms with Gasteiger partial charge in [0.05, 0.1) is 6.42 Å². The highest BCUT2D eigenvalue weighted by atomic mass is 19.3. The van der Waals surface area contributed by atoms with E-state index in [9.17, 15) is 23.5 Å². The number of nitrogens with zero attached hydrogens (tertiary/aromatic N) is 1. The number of benzene rings is 2. The molecule has 7 heteroatoms. The molecule has 0 spiro atoms. The topological polar surface area (TPSA) is 66.8 Å². The Bertz CT molecular complexity index is 825. The summed E-state index contributed by atoms with van der Waals surface area (Å²) in [7, 11) is 0. The van der Waals surface area contributed by atoms with Gasteiger partial charge in [0.15, 0.2) is 0 Å². The number of para-hydroxylation sites is 1. The molecule has 1 unspecified atom stereocenters. The van der Waals surface area contributed by atoms with Gasteiger partial charge in [-0.25, -0.2) is 4.79 Å². The van der Waals surface area contributed by atoms with Crippen LogP contribution in [0.25, 0.3) is 0 Å². The van der Waals surface area contributed by atoms with Crippen molar-refractivity contribution >= 4 is 11.9 Å². The van der Waals surface area contributed by atoms with Crippen LogP contribution < -0.4 is 4.74 Å². The van der Waals surface area contributed by atoms with Crippen LogP contribution in [-0.2, 0) is 29.0 Å². The molecule has 1 atom stereocenters. The van der Waals surface area contributed by atoms with Gasteiger partial charge in [0.2, 0.25) is 5.91 Å². The van der Waals surface area contributed by atoms with Crippen molar-refractivity contribution in [2.45, 2.75) is 32.0 Å². The van der Waals surface area contributed by atoms with Crippen LogP contribution >= 0.6 is 0 Å². The van der Waals surface area contributed by atoms with Gasteiger partial charge < -0.3 is 14.7 Å². The Balaban J connectivity index is 1.84. The molecule has 0 radical (unpaired) electrons. The lowest BCUT2D eigenvalue weighted by Crippen LogP contribution is -2.49. The van der Waals surface area contributed by atoms with Crippen molar-refractivity contribution in [3.05, 3.63) is 65.2 Å². The Hall–Kier alpha value is -2.96. The summed E-state index contributed by atoms with van der Waals surface area (Å²) in [6.45, 7) is -2.83. The number of carboxylic acids is 1. The lowest BCUT2D eigenvalue weighted by atomic mass is 9.93. The molecule has 2 aromatic rings. The molecule has 136 valence electrons. The molecular formula is C19H17F2NO4. The van der Waals surface area contributed by atoms with Gasteiger partial charge in [-0.1, -0.05) is 42.5 Å². The zero-order chi connectivity index (χ0) is 18.7. The fraction of sp³-hybridized carbons (Fsp3) is 0.263. The summed E-state index contributed by atoms with van der Waals surface area (Å²) in [6.07, 6.45) is 0.00126. The first-order valence-electron chi connectivity index (χ1n) is 8.07. The van der Waals surface area contributed by atoms with Crippen molar-refractivity contribution in [1.82, 2.24) is 4.90 Å². The van der Waals surface area contributed by atoms with Gasteiger partial charge in [-0.05, 0) is 17.2 Å². The smallest absolute Gasteiger partial charge is 0.387 e. The van der Waals surface area contributed by atoms with Crippen molar-refractivity contribution < 1.29 is 28.2 Å². The minimum atomic E-state index is -3.00. The summed E-state index contributed by atoms with van der Waals surface area (Å²) in [5.74, 6) is -1.62. The van der Waals surface area contributed by atoms with Gasteiger partial charge in [-0.2, -0.15) is 8.78 Å². The minimum absolute atomic E-state index is 0.0832. The van der Waals surface area contributed by atoms with Gasteiger partial charge >= 0.3 is 12.6 Å². The lowest BCUT2D eigenvalue weighted by Gasteiger charge is -2.34. The van der Waals surface area contributed by atoms with E-state index < -0.39 is 24.5 Å². The van der Waals surface area contributed by atoms with Crippen molar-refractivity contribution in [2.24, 2.45) is 0 Å². The monoisotopic (exact) mass is 361 g/mol. The second-order valence-corrected chi connectivity index (χ2v) is 6.01. The highest BCUT2D eigenvalue weighted by molar-refractivity contribution is 5.86. The largest absolute Gasteiger partial charge is 0.480 e. The molecule has 3 rings (SSSR count). The Morgan fingerprint density at radius 3 is 2.46 bits per heavy atom. The van der Waals surface area contributed by atoms with E-state index in [1.807, 2.05) is 24.3 Å². The second-order valence-electron chi connectivity index (χ2n) is 6.01. The summed E-state index contributed by atoms with van der Waals surface area (Å²) in [4.78, 5) is 25.7. The zero-order valence-electron chi connectivity index (χ0n) is 13.8. The van der Waals surface area contributed by atoms with Gasteiger partial charge in [-0.3, -0.25) is 4.79 Å². The fourth-order valence-electron chi connectivity index (χ4n) is 3.13. The molecule has 2 aromatic carbocycles. The molecule has 0 saturated carbocycles. The Morgan fingerprint density at radius 2 is 1.77 bits per heavy atom. The van der Waals surface area contributed by atoms with Gasteiger partial charge in [0.25, 0.3) is 0 Å². The highest BCUT2D eigenvalue weighted by Crippen LogP contribution is 2.26. The summed E-state index contributed by atoms with van der Waals surface area (Å²) in [5.41, 5.74) is 2.07. The van der Waals surface area contributed by atoms with Crippen LogP contribution in [0.3, 0.4) is 0 Å². The van der Waals surface area contributed by atoms with E-state index in [1.165, 1.54) is 23.1 Å². The van der Waals surface area contributed by atoms with Crippen molar-refractivity contribution in [3.63, 3.8) is 0 Å². The number of hydrogen-bond donors (Lipinski definition) is 1. The predicted molar refractivity (Wildman–Crippen MR) is 88.9 cm³/mol. The third-order valence-electron chi connectivity index (χ3n) is 4.38. The third-order valence-corrected chi connectivity index (χ3v) is 4.38. The molecule has 5 nitrogen and oxygen atoms in total. The first kappa shape index (κ1) is 17.8. The Kier molecular flexibility index (Phi) is 5.16. The normalized spacial score (nSPS) is 16.3. The van der Waals surface area contributed by atoms with E-state index in [0.717, 1.165) is 11.1 Å². The van der Waals surface area contributed by atoms with Crippen LogP contribution in [0.15, 0.2) is 48.5 Å². The molecule has 1 heterocycles. The van der Waals surface area contributed by atoms with Crippen LogP contribution in [-0.4, -0.2) is 34.5 Å². The number of aliphatic carboxylic acids is 1. The van der Waals surface area contributed by atoms with E-state index in [4.69, 9.17) is 0 Å². The van der Waals surface area contributed by atoms with Gasteiger partial charge in [0.1, 0.15) is 11.8 Å². The molecule has 1 aliphatic rings. The average molecular weight is 361 g/mol. The molecule has 1 amide bonds. The number of carbonyl (C=O) groups is 2. The highest BCUT2D eigenvalue weighted by Gasteiger charge is 2.34. The van der Waals surface area contributed by atoms with E-state index in [1.54, 1.807) is 6.07 Å². The Morgan fingerprint density at radius 1 is 1.12 bits per heavy atom. The number of halogens is 2. The number of carbonyl (C=O) groups excluding carboxylic acids is 1. The van der Waals surface area contributed by atoms with Crippen LogP contribution in [0.2, 0.25) is 0 Å². The summed E-state index contributed by atoms with van der Waals surface area (Å²) in [5, 5.41) is 9.51. The predicted octanol–water partition coefficient (Wildman–Crippen LogP) is 2.87. The minimum Gasteiger partial charge on any atom is -0.480 e. The fourth-order valence-corrected chi connectivity index (χ4v) is 3.13. The first-order valence-corrected chi connectivity index (χ1v) is 8.07. The van der Waals surface area contributed by atoms with E-state index in [0.29, 0.717) is 5.56 Å². The summed E-state index contributed by atoms with van der Waals surface area (Å²) < 4.78 is 29.5. The molecule has 1 N–H and O–H groups in total. The summed E-state index contributed by atoms with van der Waals surface area (Å²) >= 11 is 0. The number of ether oxygens (including phenoxy) is 1. The zero-order valence-corrected chi connectivity index (χ0v) is 13.8. The van der Waals surface area contributed by atoms with E-state index in [-0.39, 0.29) is 25.1 Å². The molecule has 26 heavy (non-hydrogen) atoms. The van der Waals surface area contributed by atoms with Crippen molar-refractivity contribution in [2.75, 3.05) is 0 Å². The molecular weight excluding hydrogens is 344 g/mol. The lowest BCUT2D eigenvalue weighted by molar-refractivity contribution is -0.151. The van der Waals surface area contributed by atoms with Crippen LogP contribution in [0.1, 0.15) is 16.7 Å². The molecule has 0 saturated heterocycles. The standard InChI is InChI=1S/C19H17F2NO4/c20-19(21)26-16-8-4-3-6-13(16)10-17(23)22-11-14-7-2-1-5-12(14)9-15(22)18(24)25/h1-8,15,19H,9-11H2,(H,24,25). The van der Waals surface area contributed by atoms with E-state index >= 15 is 0 Å². The molecule has 0 bridgehead atoms. The third kappa shape index (κ3) is 3.82. The number of rotatable bonds is 5. The van der Waals surface area contributed by atoms with Crippen LogP contribution in [0, 0.1) is 0 Å². The maximum absolute atomic E-state index is 12.7. The molecule has 0 aliphatic carbocycles. The number of amides is 1. The van der Waals surface area contributed by atoms with Gasteiger partial charge in [0, 0.05) is 18.5 Å².